The number of hydrogen-bond donors (Lipinski definition) is 3. The van der Waals surface area contributed by atoms with Crippen LogP contribution in [0.25, 0.3) is 11.4 Å². The van der Waals surface area contributed by atoms with Crippen molar-refractivity contribution >= 4 is 5.97 Å². The summed E-state index contributed by atoms with van der Waals surface area (Å²) in [6.07, 6.45) is -0.527. The summed E-state index contributed by atoms with van der Waals surface area (Å²) in [5, 5.41) is 48.9. The number of benzene rings is 1. The van der Waals surface area contributed by atoms with Gasteiger partial charge in [-0.1, -0.05) is 0 Å². The molecule has 0 unspecified atom stereocenters. The van der Waals surface area contributed by atoms with E-state index in [9.17, 15) is 15.0 Å². The minimum Gasteiger partial charge on any atom is -0.492 e. The topological polar surface area (TPSA) is 166 Å². The molecule has 0 amide bonds. The number of fused-ring (bicyclic) bond motifs is 1. The van der Waals surface area contributed by atoms with Gasteiger partial charge < -0.3 is 24.8 Å². The molecular formula is C21H24N6O6. The fourth-order valence-corrected chi connectivity index (χ4v) is 3.60. The summed E-state index contributed by atoms with van der Waals surface area (Å²) in [5.74, 6) is -0.0741. The molecule has 1 aliphatic heterocycles. The normalized spacial score (nSPS) is 21.2. The van der Waals surface area contributed by atoms with Crippen LogP contribution in [0, 0.1) is 0 Å². The number of carbonyl (C=O) groups is 1. The number of hydrogen-bond acceptors (Lipinski definition) is 10. The van der Waals surface area contributed by atoms with Gasteiger partial charge in [0.25, 0.3) is 0 Å². The predicted octanol–water partition coefficient (Wildman–Crippen LogP) is 1.74. The van der Waals surface area contributed by atoms with E-state index in [2.05, 4.69) is 25.7 Å². The first-order chi connectivity index (χ1) is 15.6. The second-order valence-corrected chi connectivity index (χ2v) is 8.46. The fraction of sp³-hybridized carbons (Fsp3) is 0.429. The Balaban J connectivity index is 1.72. The molecule has 174 valence electrons. The predicted molar refractivity (Wildman–Crippen MR) is 113 cm³/mol. The summed E-state index contributed by atoms with van der Waals surface area (Å²) in [7, 11) is 0. The molecule has 12 heteroatoms. The van der Waals surface area contributed by atoms with Gasteiger partial charge in [-0.3, -0.25) is 4.79 Å². The van der Waals surface area contributed by atoms with Crippen molar-refractivity contribution in [3.8, 4) is 28.9 Å². The molecule has 3 N–H and O–H groups in total. The van der Waals surface area contributed by atoms with Crippen LogP contribution < -0.4 is 9.47 Å². The number of rotatable bonds is 7. The molecule has 0 fully saturated rings. The number of aromatic nitrogens is 6. The summed E-state index contributed by atoms with van der Waals surface area (Å²) < 4.78 is 13.7. The van der Waals surface area contributed by atoms with E-state index in [0.29, 0.717) is 35.7 Å². The van der Waals surface area contributed by atoms with Crippen molar-refractivity contribution in [2.75, 3.05) is 0 Å². The van der Waals surface area contributed by atoms with Gasteiger partial charge in [-0.05, 0) is 55.8 Å². The molecular weight excluding hydrogens is 432 g/mol. The summed E-state index contributed by atoms with van der Waals surface area (Å²) in [4.78, 5) is 10.8. The van der Waals surface area contributed by atoms with Crippen molar-refractivity contribution < 1.29 is 29.6 Å². The third-order valence-corrected chi connectivity index (χ3v) is 5.80. The highest BCUT2D eigenvalue weighted by Gasteiger charge is 2.54. The van der Waals surface area contributed by atoms with Crippen LogP contribution in [-0.2, 0) is 11.3 Å². The Hall–Kier alpha value is -3.80. The van der Waals surface area contributed by atoms with E-state index in [4.69, 9.17) is 14.6 Å². The average Bonchev–Trinajstić information content (AvgIpc) is 3.21. The largest absolute Gasteiger partial charge is 0.492 e. The van der Waals surface area contributed by atoms with Crippen molar-refractivity contribution in [1.82, 2.24) is 30.4 Å². The number of ether oxygens (including phenoxy) is 2. The Morgan fingerprint density at radius 2 is 1.97 bits per heavy atom. The van der Waals surface area contributed by atoms with E-state index in [1.165, 1.54) is 16.8 Å². The molecule has 1 aliphatic rings. The van der Waals surface area contributed by atoms with E-state index in [1.54, 1.807) is 39.0 Å². The van der Waals surface area contributed by atoms with E-state index in [0.717, 1.165) is 0 Å². The second-order valence-electron chi connectivity index (χ2n) is 8.46. The first kappa shape index (κ1) is 22.4. The van der Waals surface area contributed by atoms with E-state index in [1.807, 2.05) is 0 Å². The van der Waals surface area contributed by atoms with E-state index < -0.39 is 23.3 Å². The van der Waals surface area contributed by atoms with Gasteiger partial charge in [-0.15, -0.1) is 15.3 Å². The molecule has 2 atom stereocenters. The molecule has 0 spiro atoms. The lowest BCUT2D eigenvalue weighted by atomic mass is 9.76. The molecule has 4 rings (SSSR count). The maximum Gasteiger partial charge on any atom is 0.303 e. The Bertz CT molecular complexity index is 1160. The number of aromatic hydroxyl groups is 1. The molecule has 33 heavy (non-hydrogen) atoms. The van der Waals surface area contributed by atoms with Crippen LogP contribution in [0.2, 0.25) is 0 Å². The smallest absolute Gasteiger partial charge is 0.303 e. The van der Waals surface area contributed by atoms with Gasteiger partial charge in [-0.2, -0.15) is 0 Å². The molecule has 3 aromatic rings. The van der Waals surface area contributed by atoms with Gasteiger partial charge in [0, 0.05) is 36.2 Å². The zero-order chi connectivity index (χ0) is 23.8. The summed E-state index contributed by atoms with van der Waals surface area (Å²) in [6, 6.07) is 8.08. The third-order valence-electron chi connectivity index (χ3n) is 5.80. The molecule has 0 aliphatic carbocycles. The van der Waals surface area contributed by atoms with Crippen molar-refractivity contribution in [3.05, 3.63) is 35.9 Å². The lowest BCUT2D eigenvalue weighted by Crippen LogP contribution is -2.59. The van der Waals surface area contributed by atoms with Gasteiger partial charge >= 0.3 is 5.97 Å². The summed E-state index contributed by atoms with van der Waals surface area (Å²) in [6.45, 7) is 5.45. The lowest BCUT2D eigenvalue weighted by molar-refractivity contribution is -0.175. The first-order valence-electron chi connectivity index (χ1n) is 10.3. The van der Waals surface area contributed by atoms with Crippen LogP contribution in [-0.4, -0.2) is 62.9 Å². The quantitative estimate of drug-likeness (QED) is 0.474. The molecule has 1 aromatic carbocycles. The third kappa shape index (κ3) is 4.29. The van der Waals surface area contributed by atoms with E-state index >= 15 is 0 Å². The molecule has 3 heterocycles. The SMILES string of the molecule is CC1(C)Oc2ccc(-c3nnnn3CCCC(=O)O)cc2[C@@H](Oc2ccc(O)nn2)[C@]1(C)O. The van der Waals surface area contributed by atoms with Gasteiger partial charge in [-0.25, -0.2) is 4.68 Å². The number of carboxylic acids is 1. The molecule has 0 radical (unpaired) electrons. The number of aryl methyl sites for hydroxylation is 1. The van der Waals surface area contributed by atoms with Gasteiger partial charge in [0.15, 0.2) is 11.9 Å². The summed E-state index contributed by atoms with van der Waals surface area (Å²) >= 11 is 0. The molecule has 0 saturated carbocycles. The maximum atomic E-state index is 11.4. The molecule has 12 nitrogen and oxygen atoms in total. The molecule has 2 aromatic heterocycles. The number of aliphatic carboxylic acids is 1. The number of carboxylic acid groups (broad SMARTS) is 1. The maximum absolute atomic E-state index is 11.4. The van der Waals surface area contributed by atoms with Crippen LogP contribution in [0.3, 0.4) is 0 Å². The zero-order valence-electron chi connectivity index (χ0n) is 18.3. The average molecular weight is 456 g/mol. The standard InChI is InChI=1S/C21H24N6O6/c1-20(2)21(3,31)18(32-16-9-8-15(28)22-23-16)13-11-12(6-7-14(13)33-20)19-24-25-26-27(19)10-4-5-17(29)30/h6-9,11,18,31H,4-5,10H2,1-3H3,(H,22,28)(H,29,30)/t18-,21+/m1/s1. The number of aliphatic hydroxyl groups is 1. The monoisotopic (exact) mass is 456 g/mol. The summed E-state index contributed by atoms with van der Waals surface area (Å²) in [5.41, 5.74) is -1.30. The van der Waals surface area contributed by atoms with Crippen molar-refractivity contribution in [2.45, 2.75) is 57.5 Å². The van der Waals surface area contributed by atoms with Crippen molar-refractivity contribution in [2.24, 2.45) is 0 Å². The zero-order valence-corrected chi connectivity index (χ0v) is 18.3. The highest BCUT2D eigenvalue weighted by molar-refractivity contribution is 5.66. The van der Waals surface area contributed by atoms with Gasteiger partial charge in [0.1, 0.15) is 17.0 Å². The molecule has 0 bridgehead atoms. The lowest BCUT2D eigenvalue weighted by Gasteiger charge is -2.48. The van der Waals surface area contributed by atoms with Gasteiger partial charge in [0.05, 0.1) is 0 Å². The van der Waals surface area contributed by atoms with Crippen molar-refractivity contribution in [1.29, 1.82) is 0 Å². The fourth-order valence-electron chi connectivity index (χ4n) is 3.60. The second kappa shape index (κ2) is 8.28. The highest BCUT2D eigenvalue weighted by Crippen LogP contribution is 2.48. The Morgan fingerprint density at radius 3 is 2.67 bits per heavy atom. The number of nitrogens with zero attached hydrogens (tertiary/aromatic N) is 6. The van der Waals surface area contributed by atoms with Crippen LogP contribution in [0.1, 0.15) is 45.3 Å². The van der Waals surface area contributed by atoms with Crippen LogP contribution >= 0.6 is 0 Å². The van der Waals surface area contributed by atoms with Crippen LogP contribution in [0.15, 0.2) is 30.3 Å². The van der Waals surface area contributed by atoms with E-state index in [-0.39, 0.29) is 18.2 Å². The first-order valence-corrected chi connectivity index (χ1v) is 10.3. The highest BCUT2D eigenvalue weighted by atomic mass is 16.6. The molecule has 0 saturated heterocycles. The van der Waals surface area contributed by atoms with Crippen molar-refractivity contribution in [3.63, 3.8) is 0 Å². The Kier molecular flexibility index (Phi) is 5.62. The van der Waals surface area contributed by atoms with Crippen LogP contribution in [0.5, 0.6) is 17.5 Å². The minimum atomic E-state index is -1.48. The van der Waals surface area contributed by atoms with Gasteiger partial charge in [0.2, 0.25) is 11.8 Å². The Labute approximate surface area is 188 Å². The number of tetrazole rings is 1. The van der Waals surface area contributed by atoms with Crippen LogP contribution in [0.4, 0.5) is 0 Å². The minimum absolute atomic E-state index is 0.00113. The Morgan fingerprint density at radius 1 is 1.18 bits per heavy atom.